The molecule has 1 aromatic rings. The fourth-order valence-corrected chi connectivity index (χ4v) is 2.04. The number of ether oxygens (including phenoxy) is 1. The molecule has 0 bridgehead atoms. The number of aromatic carboxylic acids is 1. The summed E-state index contributed by atoms with van der Waals surface area (Å²) in [4.78, 5) is 22.3. The molecule has 1 aromatic heterocycles. The fourth-order valence-electron chi connectivity index (χ4n) is 2.04. The number of carbonyl (C=O) groups excluding carboxylic acids is 1. The van der Waals surface area contributed by atoms with Crippen molar-refractivity contribution in [3.63, 3.8) is 0 Å². The van der Waals surface area contributed by atoms with Crippen LogP contribution in [0.25, 0.3) is 0 Å². The van der Waals surface area contributed by atoms with Gasteiger partial charge in [-0.15, -0.1) is 0 Å². The molecule has 0 amide bonds. The van der Waals surface area contributed by atoms with E-state index in [-0.39, 0.29) is 11.5 Å². The van der Waals surface area contributed by atoms with Gasteiger partial charge in [0.05, 0.1) is 6.61 Å². The number of carboxylic acids is 1. The molecule has 1 fully saturated rings. The number of carboxylic acid groups (broad SMARTS) is 1. The highest BCUT2D eigenvalue weighted by atomic mass is 16.5. The van der Waals surface area contributed by atoms with E-state index in [1.165, 1.54) is 13.0 Å². The van der Waals surface area contributed by atoms with Crippen LogP contribution in [0, 0.1) is 5.92 Å². The predicted molar refractivity (Wildman–Crippen MR) is 60.3 cm³/mol. The summed E-state index contributed by atoms with van der Waals surface area (Å²) in [5.41, 5.74) is 0.614. The number of hydrogen-bond donors (Lipinski definition) is 1. The zero-order valence-corrected chi connectivity index (χ0v) is 9.68. The van der Waals surface area contributed by atoms with Crippen molar-refractivity contribution in [1.29, 1.82) is 0 Å². The molecule has 92 valence electrons. The zero-order valence-electron chi connectivity index (χ0n) is 9.68. The van der Waals surface area contributed by atoms with Gasteiger partial charge in [-0.05, 0) is 19.4 Å². The maximum absolute atomic E-state index is 11.2. The van der Waals surface area contributed by atoms with Gasteiger partial charge in [0.1, 0.15) is 5.69 Å². The third-order valence-corrected chi connectivity index (χ3v) is 3.00. The molecule has 1 saturated heterocycles. The Balaban J connectivity index is 2.23. The van der Waals surface area contributed by atoms with Crippen molar-refractivity contribution < 1.29 is 19.4 Å². The van der Waals surface area contributed by atoms with E-state index in [9.17, 15) is 9.59 Å². The molecule has 2 rings (SSSR count). The van der Waals surface area contributed by atoms with Crippen LogP contribution in [-0.2, 0) is 11.3 Å². The van der Waals surface area contributed by atoms with Crippen LogP contribution in [0.4, 0.5) is 0 Å². The summed E-state index contributed by atoms with van der Waals surface area (Å²) >= 11 is 0. The van der Waals surface area contributed by atoms with E-state index in [0.29, 0.717) is 24.6 Å². The molecule has 0 saturated carbocycles. The Labute approximate surface area is 99.0 Å². The molecular formula is C12H15NO4. The van der Waals surface area contributed by atoms with Crippen LogP contribution in [0.5, 0.6) is 0 Å². The molecule has 17 heavy (non-hydrogen) atoms. The number of ketones is 1. The highest BCUT2D eigenvalue weighted by Crippen LogP contribution is 2.18. The van der Waals surface area contributed by atoms with Gasteiger partial charge in [-0.3, -0.25) is 4.79 Å². The zero-order chi connectivity index (χ0) is 12.4. The summed E-state index contributed by atoms with van der Waals surface area (Å²) in [5, 5.41) is 9.07. The van der Waals surface area contributed by atoms with Crippen molar-refractivity contribution in [2.24, 2.45) is 5.92 Å². The van der Waals surface area contributed by atoms with Crippen LogP contribution >= 0.6 is 0 Å². The molecule has 5 nitrogen and oxygen atoms in total. The predicted octanol–water partition coefficient (Wildman–Crippen LogP) is 1.43. The monoisotopic (exact) mass is 237 g/mol. The lowest BCUT2D eigenvalue weighted by atomic mass is 10.1. The Morgan fingerprint density at radius 2 is 2.35 bits per heavy atom. The third-order valence-electron chi connectivity index (χ3n) is 3.00. The van der Waals surface area contributed by atoms with Crippen LogP contribution in [0.3, 0.4) is 0 Å². The lowest BCUT2D eigenvalue weighted by molar-refractivity contribution is 0.0683. The third kappa shape index (κ3) is 2.55. The molecule has 0 aromatic carbocycles. The average Bonchev–Trinajstić information content (AvgIpc) is 2.87. The van der Waals surface area contributed by atoms with Gasteiger partial charge in [-0.1, -0.05) is 0 Å². The minimum atomic E-state index is -1.00. The summed E-state index contributed by atoms with van der Waals surface area (Å²) in [6.45, 7) is 3.42. The summed E-state index contributed by atoms with van der Waals surface area (Å²) in [6.07, 6.45) is 2.55. The van der Waals surface area contributed by atoms with Crippen LogP contribution in [0.15, 0.2) is 12.3 Å². The first-order chi connectivity index (χ1) is 8.08. The van der Waals surface area contributed by atoms with E-state index in [0.717, 1.165) is 13.0 Å². The maximum Gasteiger partial charge on any atom is 0.352 e. The van der Waals surface area contributed by atoms with Gasteiger partial charge in [-0.25, -0.2) is 4.79 Å². The Hall–Kier alpha value is -1.62. The van der Waals surface area contributed by atoms with Gasteiger partial charge in [-0.2, -0.15) is 0 Å². The molecule has 1 aliphatic rings. The first kappa shape index (κ1) is 11.9. The number of aromatic nitrogens is 1. The number of nitrogens with zero attached hydrogens (tertiary/aromatic N) is 1. The Morgan fingerprint density at radius 1 is 1.59 bits per heavy atom. The SMILES string of the molecule is CC(=O)c1cc(C(=O)O)n(CC2CCOC2)c1. The lowest BCUT2D eigenvalue weighted by Crippen LogP contribution is -2.14. The summed E-state index contributed by atoms with van der Waals surface area (Å²) in [5.74, 6) is -0.786. The number of carbonyl (C=O) groups is 2. The highest BCUT2D eigenvalue weighted by molar-refractivity contribution is 5.97. The fraction of sp³-hybridized carbons (Fsp3) is 0.500. The van der Waals surface area contributed by atoms with Crippen molar-refractivity contribution in [3.05, 3.63) is 23.5 Å². The van der Waals surface area contributed by atoms with E-state index in [2.05, 4.69) is 0 Å². The van der Waals surface area contributed by atoms with E-state index in [1.54, 1.807) is 10.8 Å². The van der Waals surface area contributed by atoms with E-state index >= 15 is 0 Å². The van der Waals surface area contributed by atoms with Crippen LogP contribution in [0.2, 0.25) is 0 Å². The number of hydrogen-bond acceptors (Lipinski definition) is 3. The van der Waals surface area contributed by atoms with Crippen molar-refractivity contribution in [2.75, 3.05) is 13.2 Å². The van der Waals surface area contributed by atoms with Crippen molar-refractivity contribution in [2.45, 2.75) is 19.9 Å². The second-order valence-corrected chi connectivity index (χ2v) is 4.36. The summed E-state index contributed by atoms with van der Waals surface area (Å²) in [6, 6.07) is 1.43. The minimum absolute atomic E-state index is 0.117. The standard InChI is InChI=1S/C12H15NO4/c1-8(14)10-4-11(12(15)16)13(6-10)5-9-2-3-17-7-9/h4,6,9H,2-3,5,7H2,1H3,(H,15,16). The van der Waals surface area contributed by atoms with Gasteiger partial charge in [0.25, 0.3) is 0 Å². The van der Waals surface area contributed by atoms with E-state index in [1.807, 2.05) is 0 Å². The maximum atomic E-state index is 11.2. The smallest absolute Gasteiger partial charge is 0.352 e. The Morgan fingerprint density at radius 3 is 2.88 bits per heavy atom. The van der Waals surface area contributed by atoms with Crippen molar-refractivity contribution in [3.8, 4) is 0 Å². The molecule has 0 spiro atoms. The summed E-state index contributed by atoms with van der Waals surface area (Å²) in [7, 11) is 0. The van der Waals surface area contributed by atoms with Crippen LogP contribution < -0.4 is 0 Å². The second-order valence-electron chi connectivity index (χ2n) is 4.36. The first-order valence-electron chi connectivity index (χ1n) is 5.60. The van der Waals surface area contributed by atoms with Gasteiger partial charge >= 0.3 is 5.97 Å². The molecule has 1 atom stereocenters. The summed E-state index contributed by atoms with van der Waals surface area (Å²) < 4.78 is 6.89. The van der Waals surface area contributed by atoms with Gasteiger partial charge in [0.15, 0.2) is 5.78 Å². The molecule has 5 heteroatoms. The Kier molecular flexibility index (Phi) is 3.28. The quantitative estimate of drug-likeness (QED) is 0.804. The highest BCUT2D eigenvalue weighted by Gasteiger charge is 2.20. The van der Waals surface area contributed by atoms with E-state index < -0.39 is 5.97 Å². The molecule has 1 N–H and O–H groups in total. The molecule has 1 unspecified atom stereocenters. The largest absolute Gasteiger partial charge is 0.477 e. The second kappa shape index (κ2) is 4.71. The van der Waals surface area contributed by atoms with Crippen LogP contribution in [-0.4, -0.2) is 34.6 Å². The van der Waals surface area contributed by atoms with Gasteiger partial charge in [0, 0.05) is 30.8 Å². The van der Waals surface area contributed by atoms with Gasteiger partial charge < -0.3 is 14.4 Å². The van der Waals surface area contributed by atoms with E-state index in [4.69, 9.17) is 9.84 Å². The minimum Gasteiger partial charge on any atom is -0.477 e. The number of Topliss-reactive ketones (excluding diaryl/α,β-unsaturated/α-hetero) is 1. The first-order valence-corrected chi connectivity index (χ1v) is 5.60. The average molecular weight is 237 g/mol. The Bertz CT molecular complexity index is 443. The lowest BCUT2D eigenvalue weighted by Gasteiger charge is -2.10. The van der Waals surface area contributed by atoms with Crippen molar-refractivity contribution in [1.82, 2.24) is 4.57 Å². The molecular weight excluding hydrogens is 222 g/mol. The molecule has 2 heterocycles. The molecule has 0 aliphatic carbocycles. The van der Waals surface area contributed by atoms with Crippen molar-refractivity contribution >= 4 is 11.8 Å². The normalized spacial score (nSPS) is 19.5. The topological polar surface area (TPSA) is 68.5 Å². The number of rotatable bonds is 4. The van der Waals surface area contributed by atoms with Crippen LogP contribution in [0.1, 0.15) is 34.2 Å². The van der Waals surface area contributed by atoms with Gasteiger partial charge in [0.2, 0.25) is 0 Å². The molecule has 0 radical (unpaired) electrons. The molecule has 1 aliphatic heterocycles.